The third-order valence-corrected chi connectivity index (χ3v) is 17.4. The van der Waals surface area contributed by atoms with E-state index in [1.165, 1.54) is 84.9 Å². The van der Waals surface area contributed by atoms with E-state index in [2.05, 4.69) is 229 Å². The van der Waals surface area contributed by atoms with Crippen LogP contribution in [0.1, 0.15) is 94.2 Å². The standard InChI is InChI=1S/C64H60O2S2/c1-59(2,3)47-33-63(34-48(55(47)65)60(4,5)6)45-31-51(53-41-25-17-13-21-37(41)29-38-22-14-18-26-42(38)53)67-57(45)58-46(64(63)35-49(61(7,8)9)56(66)50(36-64)62(10,11)12)32-52(68-58)54-43-27-19-15-23-39(43)30-40-24-16-20-28-44(40)54/h13-36H,1-12H3. The second-order valence-electron chi connectivity index (χ2n) is 23.7. The number of benzene rings is 6. The van der Waals surface area contributed by atoms with Gasteiger partial charge >= 0.3 is 0 Å². The molecule has 2 nitrogen and oxygen atoms in total. The minimum Gasteiger partial charge on any atom is -0.289 e. The Balaban J connectivity index is 1.39. The predicted molar refractivity (Wildman–Crippen MR) is 292 cm³/mol. The van der Waals surface area contributed by atoms with E-state index < -0.39 is 32.5 Å². The second-order valence-corrected chi connectivity index (χ2v) is 25.8. The first kappa shape index (κ1) is 44.6. The van der Waals surface area contributed by atoms with Gasteiger partial charge < -0.3 is 0 Å². The summed E-state index contributed by atoms with van der Waals surface area (Å²) in [5.74, 6) is 0.211. The van der Waals surface area contributed by atoms with Gasteiger partial charge in [0.15, 0.2) is 11.6 Å². The van der Waals surface area contributed by atoms with E-state index in [-0.39, 0.29) is 11.6 Å². The number of thiophene rings is 2. The zero-order valence-electron chi connectivity index (χ0n) is 41.5. The molecule has 8 aromatic rings. The zero-order valence-corrected chi connectivity index (χ0v) is 43.1. The van der Waals surface area contributed by atoms with Crippen molar-refractivity contribution in [3.8, 4) is 30.6 Å². The number of carbonyl (C=O) groups is 2. The number of carbonyl (C=O) groups excluding carboxylic acids is 2. The molecule has 340 valence electrons. The third kappa shape index (κ3) is 6.53. The highest BCUT2D eigenvalue weighted by molar-refractivity contribution is 7.25. The lowest BCUT2D eigenvalue weighted by Crippen LogP contribution is -2.52. The summed E-state index contributed by atoms with van der Waals surface area (Å²) < 4.78 is 0. The van der Waals surface area contributed by atoms with E-state index in [0.29, 0.717) is 0 Å². The molecule has 0 amide bonds. The van der Waals surface area contributed by atoms with Crippen LogP contribution in [-0.4, -0.2) is 11.6 Å². The van der Waals surface area contributed by atoms with Crippen LogP contribution in [-0.2, 0) is 20.4 Å². The Morgan fingerprint density at radius 3 is 0.853 bits per heavy atom. The summed E-state index contributed by atoms with van der Waals surface area (Å²) in [5, 5.41) is 9.67. The summed E-state index contributed by atoms with van der Waals surface area (Å²) in [6.45, 7) is 26.2. The normalized spacial score (nSPS) is 17.2. The highest BCUT2D eigenvalue weighted by Crippen LogP contribution is 2.67. The lowest BCUT2D eigenvalue weighted by molar-refractivity contribution is -0.115. The van der Waals surface area contributed by atoms with Crippen molar-refractivity contribution in [1.29, 1.82) is 0 Å². The third-order valence-electron chi connectivity index (χ3n) is 15.0. The van der Waals surface area contributed by atoms with Gasteiger partial charge in [0.1, 0.15) is 0 Å². The largest absolute Gasteiger partial charge is 0.289 e. The summed E-state index contributed by atoms with van der Waals surface area (Å²) in [6, 6.07) is 44.8. The van der Waals surface area contributed by atoms with E-state index in [4.69, 9.17) is 0 Å². The van der Waals surface area contributed by atoms with Gasteiger partial charge in [0, 0.05) is 52.9 Å². The molecule has 68 heavy (non-hydrogen) atoms. The van der Waals surface area contributed by atoms with Gasteiger partial charge in [0.05, 0.1) is 10.8 Å². The van der Waals surface area contributed by atoms with Crippen molar-refractivity contribution >= 4 is 77.3 Å². The number of ketones is 2. The highest BCUT2D eigenvalue weighted by atomic mass is 32.1. The van der Waals surface area contributed by atoms with E-state index in [9.17, 15) is 0 Å². The number of hydrogen-bond donors (Lipinski definition) is 0. The molecule has 0 atom stereocenters. The molecule has 0 N–H and O–H groups in total. The molecule has 2 aromatic heterocycles. The lowest BCUT2D eigenvalue weighted by atomic mass is 9.47. The van der Waals surface area contributed by atoms with Gasteiger partial charge in [-0.1, -0.05) is 204 Å². The summed E-state index contributed by atoms with van der Waals surface area (Å²) >= 11 is 3.76. The summed E-state index contributed by atoms with van der Waals surface area (Å²) in [5.41, 5.74) is 4.27. The molecule has 0 aliphatic heterocycles. The Labute approximate surface area is 409 Å². The average molecular weight is 925 g/mol. The number of hydrogen-bond acceptors (Lipinski definition) is 4. The SMILES string of the molecule is CC(C)(C)C1=CC2(C=C(C(C)(C)C)C1=O)c1cc(-c3c4ccccc4cc4ccccc34)sc1-c1sc(-c3c4ccccc4cc4ccccc34)cc1C21C=C(C(C)(C)C)C(=O)C(C(C)(C)C)=C1. The van der Waals surface area contributed by atoms with E-state index >= 15 is 9.59 Å². The smallest absolute Gasteiger partial charge is 0.185 e. The molecule has 0 bridgehead atoms. The Kier molecular flexibility index (Phi) is 9.69. The van der Waals surface area contributed by atoms with Crippen LogP contribution >= 0.6 is 22.7 Å². The van der Waals surface area contributed by atoms with E-state index in [1.54, 1.807) is 0 Å². The van der Waals surface area contributed by atoms with Gasteiger partial charge in [-0.15, -0.1) is 22.7 Å². The Bertz CT molecular complexity index is 3220. The first-order valence-corrected chi connectivity index (χ1v) is 25.8. The zero-order chi connectivity index (χ0) is 48.1. The molecule has 3 aliphatic rings. The molecule has 0 fully saturated rings. The average Bonchev–Trinajstić information content (AvgIpc) is 3.92. The lowest BCUT2D eigenvalue weighted by Gasteiger charge is -2.54. The van der Waals surface area contributed by atoms with Crippen LogP contribution in [0, 0.1) is 21.7 Å². The topological polar surface area (TPSA) is 34.1 Å². The molecular weight excluding hydrogens is 865 g/mol. The Hall–Kier alpha value is -5.94. The highest BCUT2D eigenvalue weighted by Gasteiger charge is 2.60. The number of fused-ring (bicyclic) bond motifs is 10. The van der Waals surface area contributed by atoms with Gasteiger partial charge in [-0.05, 0) is 100 Å². The van der Waals surface area contributed by atoms with Crippen molar-refractivity contribution < 1.29 is 9.59 Å². The van der Waals surface area contributed by atoms with Crippen molar-refractivity contribution in [3.63, 3.8) is 0 Å². The van der Waals surface area contributed by atoms with Crippen LogP contribution in [0.15, 0.2) is 168 Å². The van der Waals surface area contributed by atoms with Crippen molar-refractivity contribution in [3.05, 3.63) is 179 Å². The maximum Gasteiger partial charge on any atom is 0.185 e. The molecule has 0 saturated heterocycles. The molecule has 0 saturated carbocycles. The first-order valence-electron chi connectivity index (χ1n) is 24.2. The fourth-order valence-electron chi connectivity index (χ4n) is 11.5. The van der Waals surface area contributed by atoms with E-state index in [1.807, 2.05) is 22.7 Å². The molecule has 6 aromatic carbocycles. The Morgan fingerprint density at radius 2 is 0.603 bits per heavy atom. The van der Waals surface area contributed by atoms with Crippen molar-refractivity contribution in [2.75, 3.05) is 0 Å². The van der Waals surface area contributed by atoms with Crippen LogP contribution in [0.2, 0.25) is 0 Å². The van der Waals surface area contributed by atoms with Crippen molar-refractivity contribution in [2.24, 2.45) is 21.7 Å². The minimum atomic E-state index is -0.920. The van der Waals surface area contributed by atoms with Crippen molar-refractivity contribution in [1.82, 2.24) is 0 Å². The van der Waals surface area contributed by atoms with Crippen LogP contribution in [0.5, 0.6) is 0 Å². The van der Waals surface area contributed by atoms with Crippen LogP contribution in [0.4, 0.5) is 0 Å². The fourth-order valence-corrected chi connectivity index (χ4v) is 14.3. The molecule has 3 aliphatic carbocycles. The molecule has 11 rings (SSSR count). The summed E-state index contributed by atoms with van der Waals surface area (Å²) in [4.78, 5) is 35.4. The Morgan fingerprint density at radius 1 is 0.353 bits per heavy atom. The molecule has 0 unspecified atom stereocenters. The van der Waals surface area contributed by atoms with Crippen molar-refractivity contribution in [2.45, 2.75) is 93.9 Å². The monoisotopic (exact) mass is 924 g/mol. The maximum atomic E-state index is 15.3. The minimum absolute atomic E-state index is 0.105. The van der Waals surface area contributed by atoms with Gasteiger partial charge in [-0.25, -0.2) is 0 Å². The number of Topliss-reactive ketones (excluding diaryl/α,β-unsaturated/α-hetero) is 2. The summed E-state index contributed by atoms with van der Waals surface area (Å²) in [7, 11) is 0. The molecule has 4 heteroatoms. The van der Waals surface area contributed by atoms with E-state index in [0.717, 1.165) is 22.3 Å². The van der Waals surface area contributed by atoms with Crippen LogP contribution < -0.4 is 0 Å². The fraction of sp³-hybridized carbons (Fsp3) is 0.281. The maximum absolute atomic E-state index is 15.3. The molecule has 2 heterocycles. The quantitative estimate of drug-likeness (QED) is 0.162. The number of rotatable bonds is 2. The predicted octanol–water partition coefficient (Wildman–Crippen LogP) is 18.0. The van der Waals surface area contributed by atoms with Gasteiger partial charge in [0.25, 0.3) is 0 Å². The molecule has 2 spiro atoms. The summed E-state index contributed by atoms with van der Waals surface area (Å²) in [6.07, 6.45) is 9.49. The first-order chi connectivity index (χ1) is 32.0. The van der Waals surface area contributed by atoms with Crippen LogP contribution in [0.3, 0.4) is 0 Å². The van der Waals surface area contributed by atoms with Crippen LogP contribution in [0.25, 0.3) is 73.7 Å². The molecule has 0 radical (unpaired) electrons. The number of allylic oxidation sites excluding steroid dienone is 8. The van der Waals surface area contributed by atoms with Gasteiger partial charge in [-0.2, -0.15) is 0 Å². The van der Waals surface area contributed by atoms with Gasteiger partial charge in [-0.3, -0.25) is 9.59 Å². The second kappa shape index (κ2) is 14.8. The molecular formula is C64H60O2S2. The van der Waals surface area contributed by atoms with Gasteiger partial charge in [0.2, 0.25) is 0 Å².